The molecule has 6 aliphatic heterocycles. The first-order chi connectivity index (χ1) is 30.5. The van der Waals surface area contributed by atoms with E-state index in [9.17, 15) is 10.2 Å². The number of fused-ring (bicyclic) bond motifs is 3. The van der Waals surface area contributed by atoms with Gasteiger partial charge in [-0.15, -0.1) is 0 Å². The molecule has 2 N–H and O–H groups in total. The largest absolute Gasteiger partial charge is 0.508 e. The van der Waals surface area contributed by atoms with Gasteiger partial charge in [0.2, 0.25) is 17.0 Å². The lowest BCUT2D eigenvalue weighted by Gasteiger charge is -2.66. The van der Waals surface area contributed by atoms with E-state index in [1.807, 2.05) is 32.9 Å². The fraction of sp³-hybridized carbons (Fsp3) is 0.640. The van der Waals surface area contributed by atoms with Crippen molar-refractivity contribution in [3.05, 3.63) is 74.3 Å². The first-order valence-corrected chi connectivity index (χ1v) is 27.0. The summed E-state index contributed by atoms with van der Waals surface area (Å²) in [5.74, 6) is -3.15. The van der Waals surface area contributed by atoms with E-state index in [-0.39, 0.29) is 11.5 Å². The third-order valence-corrected chi connectivity index (χ3v) is 17.5. The van der Waals surface area contributed by atoms with Crippen molar-refractivity contribution in [2.24, 2.45) is 0 Å². The average Bonchev–Trinajstić information content (AvgIpc) is 3.46. The number of unbranched alkanes of at least 4 members (excludes halogenated alkanes) is 10. The molecule has 0 saturated carbocycles. The normalized spacial score (nSPS) is 26.4. The first-order valence-electron chi connectivity index (χ1n) is 23.7. The van der Waals surface area contributed by atoms with Gasteiger partial charge in [-0.05, 0) is 89.5 Å². The summed E-state index contributed by atoms with van der Waals surface area (Å²) in [6.07, 6.45) is 13.3. The quantitative estimate of drug-likeness (QED) is 0.0519. The molecule has 3 aromatic carbocycles. The topological polar surface area (TPSA) is 148 Å². The first kappa shape index (κ1) is 47.4. The summed E-state index contributed by atoms with van der Waals surface area (Å²) in [5.41, 5.74) is 3.96. The Morgan fingerprint density at radius 1 is 0.538 bits per heavy atom. The van der Waals surface area contributed by atoms with Crippen LogP contribution in [0, 0.1) is 20.8 Å². The Balaban J connectivity index is 1.34. The number of benzene rings is 3. The van der Waals surface area contributed by atoms with E-state index in [0.717, 1.165) is 64.6 Å². The second-order valence-corrected chi connectivity index (χ2v) is 25.0. The lowest BCUT2D eigenvalue weighted by Crippen LogP contribution is -2.78. The molecule has 0 spiro atoms. The number of hydrogen-bond acceptors (Lipinski definition) is 12. The fourth-order valence-corrected chi connectivity index (χ4v) is 14.7. The minimum atomic E-state index is -2.00. The number of hydrogen-bond donors (Lipinski definition) is 2. The number of phenolic OH excluding ortho intramolecular Hbond substituents is 2. The van der Waals surface area contributed by atoms with Gasteiger partial charge in [-0.25, -0.2) is 17.9 Å². The van der Waals surface area contributed by atoms with Crippen LogP contribution in [0.4, 0.5) is 0 Å². The van der Waals surface area contributed by atoms with Crippen LogP contribution in [0.2, 0.25) is 0 Å². The zero-order chi connectivity index (χ0) is 46.7. The van der Waals surface area contributed by atoms with Crippen LogP contribution in [0.3, 0.4) is 0 Å². The molecule has 7 aromatic rings. The van der Waals surface area contributed by atoms with Gasteiger partial charge >= 0.3 is 31.2 Å². The summed E-state index contributed by atoms with van der Waals surface area (Å²) in [7, 11) is -5.59. The minimum absolute atomic E-state index is 0.165. The Kier molecular flexibility index (Phi) is 12.1. The molecule has 356 valence electrons. The molecule has 3 atom stereocenters. The molecule has 65 heavy (non-hydrogen) atoms. The van der Waals surface area contributed by atoms with Crippen molar-refractivity contribution in [3.8, 4) is 11.5 Å². The molecule has 8 bridgehead atoms. The molecule has 15 heteroatoms. The highest BCUT2D eigenvalue weighted by atomic mass is 31.2. The van der Waals surface area contributed by atoms with Crippen LogP contribution in [0.5, 0.6) is 11.5 Å². The molecular formula is C50H69O12P3. The van der Waals surface area contributed by atoms with E-state index in [2.05, 4.69) is 75.3 Å². The average molecular weight is 955 g/mol. The Bertz CT molecular complexity index is 2580. The predicted molar refractivity (Wildman–Crippen MR) is 253 cm³/mol. The standard InChI is InChI=1S/C50H69O12P3/c1-14-15-16-17-18-19-20-21-22-23-24-25-47(33-28-35(44(5,6)7)37(51)26-30(33)2,39-32(4)41-43-40(46(11,12)13)42(39)55-63(54-41)62-53-43)49-48(56-64(57-49)58-49,50-59-65(60-50)61-50)34-29-36(45(8,9)10)38(52)27-31(34)3/h26-29,51-52H,14-25H2,1-13H3. The highest BCUT2D eigenvalue weighted by molar-refractivity contribution is 7.45. The lowest BCUT2D eigenvalue weighted by molar-refractivity contribution is -0.493. The van der Waals surface area contributed by atoms with Crippen molar-refractivity contribution in [3.63, 3.8) is 0 Å². The van der Waals surface area contributed by atoms with Crippen LogP contribution in [0.15, 0.2) is 41.6 Å². The molecule has 3 unspecified atom stereocenters. The second kappa shape index (κ2) is 16.5. The van der Waals surface area contributed by atoms with E-state index in [1.165, 1.54) is 44.9 Å². The Labute approximate surface area is 387 Å². The molecule has 0 radical (unpaired) electrons. The molecule has 6 aliphatic rings. The Hall–Kier alpha value is -2.62. The summed E-state index contributed by atoms with van der Waals surface area (Å²) in [6, 6.07) is 7.77. The monoisotopic (exact) mass is 954 g/mol. The van der Waals surface area contributed by atoms with Crippen molar-refractivity contribution >= 4 is 42.0 Å². The number of phenols is 2. The zero-order valence-corrected chi connectivity index (χ0v) is 43.3. The maximum atomic E-state index is 11.8. The number of aryl methyl sites for hydroxylation is 3. The van der Waals surface area contributed by atoms with Gasteiger partial charge in [0.1, 0.15) is 17.1 Å². The van der Waals surface area contributed by atoms with Crippen molar-refractivity contribution in [1.29, 1.82) is 0 Å². The van der Waals surface area contributed by atoms with E-state index in [1.54, 1.807) is 6.07 Å². The molecule has 6 fully saturated rings. The summed E-state index contributed by atoms with van der Waals surface area (Å²) in [6.45, 7) is 27.2. The zero-order valence-electron chi connectivity index (χ0n) is 40.6. The SMILES string of the molecule is CCCCCCCCCCCCCC(c1cc(C(C)(C)C)c(O)cc1C)(c1c(C)c2op3ooc2c(C(C)(C)C)c1o3)C12OP(O1)OC2(c1cc(C(C)(C)C)c(O)cc1C)C12OP(O1)O2. The van der Waals surface area contributed by atoms with Crippen LogP contribution in [0.1, 0.15) is 196 Å². The summed E-state index contributed by atoms with van der Waals surface area (Å²) >= 11 is 0. The van der Waals surface area contributed by atoms with Crippen molar-refractivity contribution in [2.75, 3.05) is 0 Å². The molecule has 6 saturated heterocycles. The van der Waals surface area contributed by atoms with E-state index in [4.69, 9.17) is 44.5 Å². The smallest absolute Gasteiger partial charge is 0.491 e. The molecule has 12 nitrogen and oxygen atoms in total. The van der Waals surface area contributed by atoms with Crippen molar-refractivity contribution in [1.82, 2.24) is 0 Å². The van der Waals surface area contributed by atoms with Gasteiger partial charge in [0.25, 0.3) is 0 Å². The van der Waals surface area contributed by atoms with Gasteiger partial charge in [-0.3, -0.25) is 18.1 Å². The van der Waals surface area contributed by atoms with E-state index < -0.39 is 64.3 Å². The van der Waals surface area contributed by atoms with Gasteiger partial charge in [-0.1, -0.05) is 146 Å². The van der Waals surface area contributed by atoms with Crippen molar-refractivity contribution in [2.45, 2.75) is 206 Å². The van der Waals surface area contributed by atoms with Crippen molar-refractivity contribution < 1.29 is 54.7 Å². The predicted octanol–water partition coefficient (Wildman–Crippen LogP) is 16.3. The van der Waals surface area contributed by atoms with Gasteiger partial charge in [-0.2, -0.15) is 0 Å². The van der Waals surface area contributed by atoms with Gasteiger partial charge < -0.3 is 18.6 Å². The molecule has 4 aromatic heterocycles. The third-order valence-electron chi connectivity index (χ3n) is 14.2. The van der Waals surface area contributed by atoms with Crippen LogP contribution in [0.25, 0.3) is 16.7 Å². The van der Waals surface area contributed by atoms with Crippen LogP contribution < -0.4 is 0 Å². The summed E-state index contributed by atoms with van der Waals surface area (Å²) in [5, 5.41) is 23.4. The maximum absolute atomic E-state index is 11.8. The third kappa shape index (κ3) is 7.20. The minimum Gasteiger partial charge on any atom is -0.508 e. The van der Waals surface area contributed by atoms with E-state index in [0.29, 0.717) is 34.3 Å². The molecule has 0 amide bonds. The van der Waals surface area contributed by atoms with Gasteiger partial charge in [0.05, 0.1) is 11.0 Å². The number of aromatic hydroxyl groups is 2. The van der Waals surface area contributed by atoms with E-state index >= 15 is 0 Å². The van der Waals surface area contributed by atoms with Crippen LogP contribution in [-0.2, 0) is 54.4 Å². The second-order valence-electron chi connectivity index (χ2n) is 22.1. The summed E-state index contributed by atoms with van der Waals surface area (Å²) in [4.78, 5) is 0. The molecule has 13 rings (SSSR count). The van der Waals surface area contributed by atoms with Crippen LogP contribution in [-0.4, -0.2) is 22.0 Å². The lowest BCUT2D eigenvalue weighted by atomic mass is 9.56. The highest BCUT2D eigenvalue weighted by Crippen LogP contribution is 2.91. The van der Waals surface area contributed by atoms with Gasteiger partial charge in [0.15, 0.2) is 5.58 Å². The maximum Gasteiger partial charge on any atom is 0.491 e. The molecular weight excluding hydrogens is 885 g/mol. The van der Waals surface area contributed by atoms with Gasteiger partial charge in [0, 0.05) is 16.7 Å². The Morgan fingerprint density at radius 3 is 1.60 bits per heavy atom. The summed E-state index contributed by atoms with van der Waals surface area (Å²) < 4.78 is 67.4. The highest BCUT2D eigenvalue weighted by Gasteiger charge is 2.95. The Morgan fingerprint density at radius 2 is 1.06 bits per heavy atom. The number of rotatable bonds is 17. The molecule has 0 aliphatic carbocycles. The molecule has 10 heterocycles. The van der Waals surface area contributed by atoms with Crippen LogP contribution >= 0.6 is 25.3 Å². The fourth-order valence-electron chi connectivity index (χ4n) is 11.1.